The van der Waals surface area contributed by atoms with E-state index in [0.29, 0.717) is 11.2 Å². The molecule has 0 bridgehead atoms. The predicted octanol–water partition coefficient (Wildman–Crippen LogP) is 2.59. The number of nitro groups is 1. The minimum atomic E-state index is -0.405. The molecule has 1 aromatic carbocycles. The molecule has 0 amide bonds. The fraction of sp³-hybridized carbons (Fsp3) is 0.273. The third-order valence-corrected chi connectivity index (χ3v) is 3.25. The quantitative estimate of drug-likeness (QED) is 0.496. The average Bonchev–Trinajstić information content (AvgIpc) is 2.70. The molecular formula is C11H11BrN4O2. The van der Waals surface area contributed by atoms with E-state index >= 15 is 0 Å². The van der Waals surface area contributed by atoms with E-state index in [2.05, 4.69) is 26.1 Å². The lowest BCUT2D eigenvalue weighted by Crippen LogP contribution is -1.99. The Morgan fingerprint density at radius 1 is 1.44 bits per heavy atom. The normalized spacial score (nSPS) is 10.6. The van der Waals surface area contributed by atoms with Crippen LogP contribution >= 0.6 is 15.9 Å². The first kappa shape index (κ1) is 12.7. The van der Waals surface area contributed by atoms with Gasteiger partial charge in [0.15, 0.2) is 5.82 Å². The van der Waals surface area contributed by atoms with Gasteiger partial charge in [0.05, 0.1) is 10.3 Å². The van der Waals surface area contributed by atoms with Crippen LogP contribution in [0.1, 0.15) is 11.4 Å². The van der Waals surface area contributed by atoms with Crippen molar-refractivity contribution >= 4 is 21.6 Å². The second-order valence-corrected chi connectivity index (χ2v) is 4.45. The summed E-state index contributed by atoms with van der Waals surface area (Å²) < 4.78 is 1.86. The number of benzene rings is 1. The van der Waals surface area contributed by atoms with Gasteiger partial charge in [-0.25, -0.2) is 0 Å². The minimum Gasteiger partial charge on any atom is -0.313 e. The zero-order valence-corrected chi connectivity index (χ0v) is 11.5. The third kappa shape index (κ3) is 2.13. The van der Waals surface area contributed by atoms with Gasteiger partial charge >= 0.3 is 0 Å². The number of non-ortho nitro benzene ring substituents is 1. The molecule has 7 heteroatoms. The first-order valence-corrected chi connectivity index (χ1v) is 6.36. The van der Waals surface area contributed by atoms with Crippen LogP contribution in [-0.2, 0) is 12.4 Å². The Morgan fingerprint density at radius 2 is 2.17 bits per heavy atom. The number of hydrogen-bond donors (Lipinski definition) is 0. The van der Waals surface area contributed by atoms with Crippen molar-refractivity contribution in [2.45, 2.75) is 12.3 Å². The lowest BCUT2D eigenvalue weighted by molar-refractivity contribution is -0.384. The monoisotopic (exact) mass is 310 g/mol. The van der Waals surface area contributed by atoms with Crippen LogP contribution in [0.4, 0.5) is 5.69 Å². The first-order valence-electron chi connectivity index (χ1n) is 5.24. The number of halogens is 1. The molecule has 0 saturated heterocycles. The van der Waals surface area contributed by atoms with Gasteiger partial charge < -0.3 is 4.57 Å². The van der Waals surface area contributed by atoms with Gasteiger partial charge in [0, 0.05) is 24.7 Å². The first-order chi connectivity index (χ1) is 8.54. The van der Waals surface area contributed by atoms with Crippen molar-refractivity contribution in [3.05, 3.63) is 39.7 Å². The van der Waals surface area contributed by atoms with Crippen molar-refractivity contribution in [2.24, 2.45) is 7.05 Å². The van der Waals surface area contributed by atoms with Crippen LogP contribution in [0.25, 0.3) is 11.4 Å². The molecule has 6 nitrogen and oxygen atoms in total. The van der Waals surface area contributed by atoms with Crippen molar-refractivity contribution in [2.75, 3.05) is 0 Å². The number of alkyl halides is 1. The SMILES string of the molecule is Cc1cc([N+](=O)[O-])ccc1-c1nnc(CBr)n1C. The number of aryl methyl sites for hydroxylation is 1. The Kier molecular flexibility index (Phi) is 3.42. The molecule has 0 saturated carbocycles. The Bertz CT molecular complexity index is 609. The molecule has 94 valence electrons. The van der Waals surface area contributed by atoms with Crippen molar-refractivity contribution < 1.29 is 4.92 Å². The van der Waals surface area contributed by atoms with Crippen LogP contribution in [0.5, 0.6) is 0 Å². The maximum atomic E-state index is 10.7. The standard InChI is InChI=1S/C11H11BrN4O2/c1-7-5-8(16(17)18)3-4-9(7)11-14-13-10(6-12)15(11)2/h3-5H,6H2,1-2H3. The fourth-order valence-electron chi connectivity index (χ4n) is 1.72. The molecular weight excluding hydrogens is 300 g/mol. The van der Waals surface area contributed by atoms with Crippen LogP contribution in [0.3, 0.4) is 0 Å². The summed E-state index contributed by atoms with van der Waals surface area (Å²) in [6.45, 7) is 1.82. The highest BCUT2D eigenvalue weighted by atomic mass is 79.9. The van der Waals surface area contributed by atoms with E-state index in [1.807, 2.05) is 18.5 Å². The Balaban J connectivity index is 2.51. The zero-order valence-electron chi connectivity index (χ0n) is 9.92. The molecule has 0 spiro atoms. The van der Waals surface area contributed by atoms with Crippen LogP contribution in [-0.4, -0.2) is 19.7 Å². The van der Waals surface area contributed by atoms with Gasteiger partial charge in [0.1, 0.15) is 5.82 Å². The lowest BCUT2D eigenvalue weighted by Gasteiger charge is -2.05. The maximum Gasteiger partial charge on any atom is 0.269 e. The highest BCUT2D eigenvalue weighted by Gasteiger charge is 2.14. The highest BCUT2D eigenvalue weighted by molar-refractivity contribution is 9.08. The summed E-state index contributed by atoms with van der Waals surface area (Å²) in [6, 6.07) is 4.72. The molecule has 0 aliphatic rings. The van der Waals surface area contributed by atoms with Gasteiger partial charge in [-0.15, -0.1) is 10.2 Å². The van der Waals surface area contributed by atoms with E-state index in [1.54, 1.807) is 6.07 Å². The van der Waals surface area contributed by atoms with Crippen LogP contribution in [0.2, 0.25) is 0 Å². The van der Waals surface area contributed by atoms with Gasteiger partial charge in [-0.2, -0.15) is 0 Å². The van der Waals surface area contributed by atoms with Crippen molar-refractivity contribution in [3.63, 3.8) is 0 Å². The fourth-order valence-corrected chi connectivity index (χ4v) is 2.21. The van der Waals surface area contributed by atoms with Gasteiger partial charge in [0.25, 0.3) is 5.69 Å². The zero-order chi connectivity index (χ0) is 13.3. The molecule has 0 radical (unpaired) electrons. The molecule has 0 unspecified atom stereocenters. The van der Waals surface area contributed by atoms with E-state index in [4.69, 9.17) is 0 Å². The highest BCUT2D eigenvalue weighted by Crippen LogP contribution is 2.25. The van der Waals surface area contributed by atoms with Crippen LogP contribution in [0, 0.1) is 17.0 Å². The molecule has 2 rings (SSSR count). The van der Waals surface area contributed by atoms with Gasteiger partial charge in [0.2, 0.25) is 0 Å². The van der Waals surface area contributed by atoms with E-state index in [0.717, 1.165) is 17.0 Å². The number of nitrogens with zero attached hydrogens (tertiary/aromatic N) is 4. The van der Waals surface area contributed by atoms with E-state index < -0.39 is 4.92 Å². The second kappa shape index (κ2) is 4.85. The molecule has 18 heavy (non-hydrogen) atoms. The van der Waals surface area contributed by atoms with Gasteiger partial charge in [-0.05, 0) is 18.6 Å². The number of nitro benzene ring substituents is 1. The summed E-state index contributed by atoms with van der Waals surface area (Å²) in [5.41, 5.74) is 1.74. The van der Waals surface area contributed by atoms with Crippen molar-refractivity contribution in [1.29, 1.82) is 0 Å². The van der Waals surface area contributed by atoms with Crippen molar-refractivity contribution in [1.82, 2.24) is 14.8 Å². The molecule has 1 heterocycles. The third-order valence-electron chi connectivity index (χ3n) is 2.75. The summed E-state index contributed by atoms with van der Waals surface area (Å²) in [7, 11) is 1.87. The maximum absolute atomic E-state index is 10.7. The lowest BCUT2D eigenvalue weighted by atomic mass is 10.1. The number of rotatable bonds is 3. The van der Waals surface area contributed by atoms with Crippen LogP contribution < -0.4 is 0 Å². The van der Waals surface area contributed by atoms with E-state index in [-0.39, 0.29) is 5.69 Å². The predicted molar refractivity (Wildman–Crippen MR) is 70.5 cm³/mol. The summed E-state index contributed by atoms with van der Waals surface area (Å²) in [4.78, 5) is 10.3. The topological polar surface area (TPSA) is 73.8 Å². The second-order valence-electron chi connectivity index (χ2n) is 3.89. The summed E-state index contributed by atoms with van der Waals surface area (Å²) in [5, 5.41) is 19.4. The molecule has 2 aromatic rings. The molecule has 0 aliphatic carbocycles. The summed E-state index contributed by atoms with van der Waals surface area (Å²) in [6.07, 6.45) is 0. The van der Waals surface area contributed by atoms with Crippen LogP contribution in [0.15, 0.2) is 18.2 Å². The van der Waals surface area contributed by atoms with Gasteiger partial charge in [-0.3, -0.25) is 10.1 Å². The Hall–Kier alpha value is -1.76. The molecule has 1 aromatic heterocycles. The average molecular weight is 311 g/mol. The Morgan fingerprint density at radius 3 is 2.67 bits per heavy atom. The van der Waals surface area contributed by atoms with Gasteiger partial charge in [-0.1, -0.05) is 15.9 Å². The summed E-state index contributed by atoms with van der Waals surface area (Å²) >= 11 is 3.33. The summed E-state index contributed by atoms with van der Waals surface area (Å²) in [5.74, 6) is 1.51. The minimum absolute atomic E-state index is 0.0825. The number of aromatic nitrogens is 3. The van der Waals surface area contributed by atoms with Crippen molar-refractivity contribution in [3.8, 4) is 11.4 Å². The van der Waals surface area contributed by atoms with E-state index in [1.165, 1.54) is 12.1 Å². The molecule has 0 fully saturated rings. The van der Waals surface area contributed by atoms with E-state index in [9.17, 15) is 10.1 Å². The number of hydrogen-bond acceptors (Lipinski definition) is 4. The molecule has 0 atom stereocenters. The smallest absolute Gasteiger partial charge is 0.269 e. The Labute approximate surface area is 112 Å². The largest absolute Gasteiger partial charge is 0.313 e. The molecule has 0 N–H and O–H groups in total. The molecule has 0 aliphatic heterocycles.